The first-order chi connectivity index (χ1) is 15.9. The molecule has 0 spiro atoms. The van der Waals surface area contributed by atoms with Gasteiger partial charge in [-0.2, -0.15) is 5.26 Å². The lowest BCUT2D eigenvalue weighted by Gasteiger charge is -2.16. The molecule has 3 aromatic rings. The molecule has 2 atom stereocenters. The Bertz CT molecular complexity index is 1360. The van der Waals surface area contributed by atoms with E-state index in [-0.39, 0.29) is 12.5 Å². The van der Waals surface area contributed by atoms with Crippen LogP contribution in [-0.4, -0.2) is 19.3 Å². The standard InChI is InChI=1S/C24H19N3O5S/c25-13-15-4-11-24(26-14-15)32-20-3-1-2-18-19(20)9-10-21(18)31-17-7-5-16(6-8-17)22-12-23(28)27-33(22,29)30/h1-8,11,14,21-22H,9-10,12H2,(H,27,28)/t21-,22?/m1/s1. The number of hydrogen-bond acceptors (Lipinski definition) is 7. The van der Waals surface area contributed by atoms with E-state index in [2.05, 4.69) is 4.98 Å². The number of carbonyl (C=O) groups is 1. The molecule has 0 radical (unpaired) electrons. The molecule has 8 nitrogen and oxygen atoms in total. The molecule has 1 saturated heterocycles. The molecule has 1 aliphatic heterocycles. The first-order valence-corrected chi connectivity index (χ1v) is 11.9. The zero-order valence-corrected chi connectivity index (χ0v) is 18.2. The van der Waals surface area contributed by atoms with Crippen LogP contribution in [0, 0.1) is 11.3 Å². The van der Waals surface area contributed by atoms with Crippen molar-refractivity contribution in [3.05, 3.63) is 83.0 Å². The van der Waals surface area contributed by atoms with Crippen molar-refractivity contribution in [1.29, 1.82) is 5.26 Å². The molecule has 33 heavy (non-hydrogen) atoms. The summed E-state index contributed by atoms with van der Waals surface area (Å²) >= 11 is 0. The Labute approximate surface area is 190 Å². The predicted octanol–water partition coefficient (Wildman–Crippen LogP) is 3.70. The number of carbonyl (C=O) groups excluding carboxylic acids is 1. The summed E-state index contributed by atoms with van der Waals surface area (Å²) in [5, 5.41) is 8.04. The number of hydrogen-bond donors (Lipinski definition) is 1. The number of aromatic nitrogens is 1. The number of nitriles is 1. The van der Waals surface area contributed by atoms with Crippen LogP contribution in [0.1, 0.15) is 46.4 Å². The molecule has 5 rings (SSSR count). The van der Waals surface area contributed by atoms with E-state index in [1.165, 1.54) is 6.20 Å². The molecular formula is C24H19N3O5S. The molecule has 1 aliphatic carbocycles. The van der Waals surface area contributed by atoms with Crippen LogP contribution in [0.2, 0.25) is 0 Å². The van der Waals surface area contributed by atoms with E-state index in [0.29, 0.717) is 28.5 Å². The first kappa shape index (κ1) is 21.0. The van der Waals surface area contributed by atoms with Crippen LogP contribution in [0.15, 0.2) is 60.8 Å². The maximum Gasteiger partial charge on any atom is 0.242 e. The summed E-state index contributed by atoms with van der Waals surface area (Å²) in [6.07, 6.45) is 2.78. The quantitative estimate of drug-likeness (QED) is 0.615. The zero-order valence-electron chi connectivity index (χ0n) is 17.4. The minimum Gasteiger partial charge on any atom is -0.486 e. The summed E-state index contributed by atoms with van der Waals surface area (Å²) in [6, 6.07) is 18.0. The average Bonchev–Trinajstić information content (AvgIpc) is 3.34. The first-order valence-electron chi connectivity index (χ1n) is 10.4. The van der Waals surface area contributed by atoms with Gasteiger partial charge in [0.25, 0.3) is 0 Å². The Morgan fingerprint density at radius 3 is 2.58 bits per heavy atom. The highest BCUT2D eigenvalue weighted by molar-refractivity contribution is 7.90. The summed E-state index contributed by atoms with van der Waals surface area (Å²) in [5.41, 5.74) is 3.09. The monoisotopic (exact) mass is 461 g/mol. The van der Waals surface area contributed by atoms with Crippen LogP contribution in [0.25, 0.3) is 0 Å². The van der Waals surface area contributed by atoms with Gasteiger partial charge >= 0.3 is 0 Å². The second kappa shape index (κ2) is 8.22. The van der Waals surface area contributed by atoms with E-state index in [0.717, 1.165) is 24.0 Å². The number of sulfonamides is 1. The number of fused-ring (bicyclic) bond motifs is 1. The van der Waals surface area contributed by atoms with Crippen LogP contribution >= 0.6 is 0 Å². The van der Waals surface area contributed by atoms with Gasteiger partial charge in [-0.1, -0.05) is 24.3 Å². The number of ether oxygens (including phenoxy) is 2. The number of nitrogens with zero attached hydrogens (tertiary/aromatic N) is 2. The zero-order chi connectivity index (χ0) is 23.0. The maximum absolute atomic E-state index is 12.1. The summed E-state index contributed by atoms with van der Waals surface area (Å²) in [5.74, 6) is 1.25. The van der Waals surface area contributed by atoms with Gasteiger partial charge in [0.1, 0.15) is 28.9 Å². The third kappa shape index (κ3) is 4.13. The second-order valence-electron chi connectivity index (χ2n) is 7.90. The van der Waals surface area contributed by atoms with Crippen LogP contribution in [0.3, 0.4) is 0 Å². The molecule has 0 bridgehead atoms. The number of benzene rings is 2. The number of pyridine rings is 1. The van der Waals surface area contributed by atoms with Gasteiger partial charge in [0.15, 0.2) is 0 Å². The smallest absolute Gasteiger partial charge is 0.242 e. The number of rotatable bonds is 5. The van der Waals surface area contributed by atoms with Crippen molar-refractivity contribution in [3.63, 3.8) is 0 Å². The van der Waals surface area contributed by atoms with Crippen molar-refractivity contribution in [1.82, 2.24) is 9.71 Å². The lowest BCUT2D eigenvalue weighted by Crippen LogP contribution is -2.21. The van der Waals surface area contributed by atoms with E-state index in [1.807, 2.05) is 29.0 Å². The summed E-state index contributed by atoms with van der Waals surface area (Å²) in [4.78, 5) is 15.7. The van der Waals surface area contributed by atoms with Gasteiger partial charge in [-0.15, -0.1) is 0 Å². The van der Waals surface area contributed by atoms with Crippen molar-refractivity contribution in [2.45, 2.75) is 30.6 Å². The molecule has 166 valence electrons. The summed E-state index contributed by atoms with van der Waals surface area (Å²) in [7, 11) is -3.67. The maximum atomic E-state index is 12.1. The lowest BCUT2D eigenvalue weighted by molar-refractivity contribution is -0.118. The van der Waals surface area contributed by atoms with Crippen LogP contribution in [0.4, 0.5) is 0 Å². The summed E-state index contributed by atoms with van der Waals surface area (Å²) in [6.45, 7) is 0. The molecule has 1 aromatic heterocycles. The van der Waals surface area contributed by atoms with Gasteiger partial charge in [0, 0.05) is 17.8 Å². The largest absolute Gasteiger partial charge is 0.486 e. The molecule has 2 heterocycles. The predicted molar refractivity (Wildman–Crippen MR) is 118 cm³/mol. The van der Waals surface area contributed by atoms with E-state index in [4.69, 9.17) is 14.7 Å². The third-order valence-electron chi connectivity index (χ3n) is 5.78. The Morgan fingerprint density at radius 2 is 1.91 bits per heavy atom. The van der Waals surface area contributed by atoms with E-state index < -0.39 is 21.2 Å². The fourth-order valence-corrected chi connectivity index (χ4v) is 5.62. The number of amides is 1. The van der Waals surface area contributed by atoms with Crippen molar-refractivity contribution in [2.24, 2.45) is 0 Å². The highest BCUT2D eigenvalue weighted by Crippen LogP contribution is 2.41. The van der Waals surface area contributed by atoms with Gasteiger partial charge in [0.2, 0.25) is 21.8 Å². The highest BCUT2D eigenvalue weighted by atomic mass is 32.2. The van der Waals surface area contributed by atoms with E-state index in [1.54, 1.807) is 36.4 Å². The van der Waals surface area contributed by atoms with E-state index >= 15 is 0 Å². The third-order valence-corrected chi connectivity index (χ3v) is 7.48. The van der Waals surface area contributed by atoms with Crippen LogP contribution in [0.5, 0.6) is 17.4 Å². The van der Waals surface area contributed by atoms with Crippen molar-refractivity contribution in [3.8, 4) is 23.4 Å². The minimum absolute atomic E-state index is 0.0740. The van der Waals surface area contributed by atoms with Crippen LogP contribution < -0.4 is 14.2 Å². The van der Waals surface area contributed by atoms with Crippen LogP contribution in [-0.2, 0) is 21.2 Å². The molecule has 1 N–H and O–H groups in total. The lowest BCUT2D eigenvalue weighted by atomic mass is 10.1. The molecule has 1 unspecified atom stereocenters. The molecule has 9 heteroatoms. The van der Waals surface area contributed by atoms with Gasteiger partial charge in [0.05, 0.1) is 12.0 Å². The molecular weight excluding hydrogens is 442 g/mol. The highest BCUT2D eigenvalue weighted by Gasteiger charge is 2.37. The summed E-state index contributed by atoms with van der Waals surface area (Å²) < 4.78 is 38.3. The SMILES string of the molecule is N#Cc1ccc(Oc2cccc3c2CC[C@H]3Oc2ccc(C3CC(=O)NS3(=O)=O)cc2)nc1. The van der Waals surface area contributed by atoms with Crippen molar-refractivity contribution in [2.75, 3.05) is 0 Å². The fourth-order valence-electron chi connectivity index (χ4n) is 4.19. The minimum atomic E-state index is -3.67. The van der Waals surface area contributed by atoms with Crippen molar-refractivity contribution < 1.29 is 22.7 Å². The average molecular weight is 461 g/mol. The Hall–Kier alpha value is -3.90. The van der Waals surface area contributed by atoms with Gasteiger partial charge in [-0.3, -0.25) is 9.52 Å². The van der Waals surface area contributed by atoms with Crippen molar-refractivity contribution >= 4 is 15.9 Å². The fraction of sp³-hybridized carbons (Fsp3) is 0.208. The normalized spacial score (nSPS) is 20.5. The second-order valence-corrected chi connectivity index (χ2v) is 9.76. The Balaban J connectivity index is 1.31. The molecule has 0 saturated carbocycles. The van der Waals surface area contributed by atoms with Gasteiger partial charge in [-0.05, 0) is 48.2 Å². The van der Waals surface area contributed by atoms with E-state index in [9.17, 15) is 13.2 Å². The topological polar surface area (TPSA) is 118 Å². The Morgan fingerprint density at radius 1 is 1.09 bits per heavy atom. The Kier molecular flexibility index (Phi) is 5.23. The molecule has 1 fully saturated rings. The molecule has 1 amide bonds. The number of nitrogens with one attached hydrogen (secondary N) is 1. The molecule has 2 aliphatic rings. The molecule has 2 aromatic carbocycles. The van der Waals surface area contributed by atoms with Gasteiger partial charge < -0.3 is 9.47 Å². The van der Waals surface area contributed by atoms with Gasteiger partial charge in [-0.25, -0.2) is 13.4 Å².